The van der Waals surface area contributed by atoms with Crippen molar-refractivity contribution in [2.24, 2.45) is 0 Å². The van der Waals surface area contributed by atoms with Gasteiger partial charge in [0, 0.05) is 13.1 Å². The van der Waals surface area contributed by atoms with Crippen molar-refractivity contribution in [2.75, 3.05) is 44.4 Å². The highest BCUT2D eigenvalue weighted by Gasteiger charge is 2.11. The molecule has 21 heavy (non-hydrogen) atoms. The van der Waals surface area contributed by atoms with Crippen molar-refractivity contribution in [3.63, 3.8) is 0 Å². The average molecular weight is 289 g/mol. The van der Waals surface area contributed by atoms with Crippen molar-refractivity contribution in [1.82, 2.24) is 14.9 Å². The Labute approximate surface area is 124 Å². The van der Waals surface area contributed by atoms with Gasteiger partial charge in [-0.3, -0.25) is 4.79 Å². The lowest BCUT2D eigenvalue weighted by Gasteiger charge is -2.25. The van der Waals surface area contributed by atoms with Gasteiger partial charge in [0.05, 0.1) is 28.6 Å². The number of fused-ring (bicyclic) bond motifs is 1. The number of aromatic amines is 1. The van der Waals surface area contributed by atoms with Gasteiger partial charge in [-0.25, -0.2) is 4.98 Å². The quantitative estimate of drug-likeness (QED) is 0.783. The van der Waals surface area contributed by atoms with E-state index in [1.54, 1.807) is 6.07 Å². The molecule has 0 fully saturated rings. The SMILES string of the molecule is CCN(CCCN(C)C)c1cc2nc[nH]c(=O)c2cc1N. The Kier molecular flexibility index (Phi) is 4.80. The van der Waals surface area contributed by atoms with Crippen molar-refractivity contribution in [3.05, 3.63) is 28.8 Å². The van der Waals surface area contributed by atoms with Gasteiger partial charge in [0.1, 0.15) is 0 Å². The number of benzene rings is 1. The maximum absolute atomic E-state index is 11.8. The van der Waals surface area contributed by atoms with Gasteiger partial charge in [0.15, 0.2) is 0 Å². The van der Waals surface area contributed by atoms with Gasteiger partial charge in [-0.1, -0.05) is 0 Å². The van der Waals surface area contributed by atoms with E-state index in [4.69, 9.17) is 5.73 Å². The summed E-state index contributed by atoms with van der Waals surface area (Å²) in [5.41, 5.74) is 8.21. The zero-order valence-electron chi connectivity index (χ0n) is 12.9. The maximum atomic E-state index is 11.8. The molecule has 1 aromatic heterocycles. The smallest absolute Gasteiger partial charge is 0.258 e. The minimum absolute atomic E-state index is 0.158. The molecule has 0 radical (unpaired) electrons. The molecule has 0 saturated heterocycles. The molecule has 0 bridgehead atoms. The van der Waals surface area contributed by atoms with Crippen molar-refractivity contribution >= 4 is 22.3 Å². The minimum Gasteiger partial charge on any atom is -0.397 e. The molecular formula is C15H23N5O. The molecule has 0 aliphatic carbocycles. The molecule has 0 saturated carbocycles. The second-order valence-electron chi connectivity index (χ2n) is 5.40. The third-order valence-electron chi connectivity index (χ3n) is 3.54. The van der Waals surface area contributed by atoms with E-state index < -0.39 is 0 Å². The van der Waals surface area contributed by atoms with Crippen LogP contribution in [0.3, 0.4) is 0 Å². The zero-order valence-corrected chi connectivity index (χ0v) is 12.9. The van der Waals surface area contributed by atoms with Crippen molar-refractivity contribution in [1.29, 1.82) is 0 Å². The van der Waals surface area contributed by atoms with Gasteiger partial charge in [-0.15, -0.1) is 0 Å². The van der Waals surface area contributed by atoms with Gasteiger partial charge >= 0.3 is 0 Å². The number of nitrogens with zero attached hydrogens (tertiary/aromatic N) is 3. The number of nitrogens with one attached hydrogen (secondary N) is 1. The van der Waals surface area contributed by atoms with Crippen LogP contribution in [0.4, 0.5) is 11.4 Å². The Morgan fingerprint density at radius 3 is 2.71 bits per heavy atom. The first kappa shape index (κ1) is 15.3. The predicted molar refractivity (Wildman–Crippen MR) is 87.8 cm³/mol. The van der Waals surface area contributed by atoms with Gasteiger partial charge < -0.3 is 20.5 Å². The molecule has 2 rings (SSSR count). The fourth-order valence-electron chi connectivity index (χ4n) is 2.42. The summed E-state index contributed by atoms with van der Waals surface area (Å²) >= 11 is 0. The Hall–Kier alpha value is -2.08. The molecule has 6 nitrogen and oxygen atoms in total. The normalized spacial score (nSPS) is 11.2. The Morgan fingerprint density at radius 1 is 1.29 bits per heavy atom. The Bertz CT molecular complexity index is 665. The minimum atomic E-state index is -0.158. The van der Waals surface area contributed by atoms with E-state index in [9.17, 15) is 4.79 Å². The average Bonchev–Trinajstić information content (AvgIpc) is 2.44. The third-order valence-corrected chi connectivity index (χ3v) is 3.54. The van der Waals surface area contributed by atoms with Crippen LogP contribution in [0.2, 0.25) is 0 Å². The predicted octanol–water partition coefficient (Wildman–Crippen LogP) is 1.28. The molecular weight excluding hydrogens is 266 g/mol. The van der Waals surface area contributed by atoms with Crippen LogP contribution in [-0.4, -0.2) is 48.6 Å². The van der Waals surface area contributed by atoms with E-state index in [1.165, 1.54) is 6.33 Å². The lowest BCUT2D eigenvalue weighted by atomic mass is 10.1. The third kappa shape index (κ3) is 3.52. The number of H-pyrrole nitrogens is 1. The Morgan fingerprint density at radius 2 is 2.05 bits per heavy atom. The highest BCUT2D eigenvalue weighted by molar-refractivity contribution is 5.88. The number of nitrogen functional groups attached to an aromatic ring is 1. The van der Waals surface area contributed by atoms with E-state index in [0.29, 0.717) is 16.6 Å². The number of rotatable bonds is 6. The van der Waals surface area contributed by atoms with E-state index in [1.807, 2.05) is 6.07 Å². The molecule has 1 aromatic carbocycles. The molecule has 1 heterocycles. The lowest BCUT2D eigenvalue weighted by molar-refractivity contribution is 0.400. The number of hydrogen-bond acceptors (Lipinski definition) is 5. The number of nitrogens with two attached hydrogens (primary N) is 1. The molecule has 0 atom stereocenters. The first-order chi connectivity index (χ1) is 10.0. The van der Waals surface area contributed by atoms with Crippen LogP contribution >= 0.6 is 0 Å². The highest BCUT2D eigenvalue weighted by atomic mass is 16.1. The lowest BCUT2D eigenvalue weighted by Crippen LogP contribution is -2.27. The summed E-state index contributed by atoms with van der Waals surface area (Å²) in [4.78, 5) is 22.9. The van der Waals surface area contributed by atoms with Crippen LogP contribution in [0.5, 0.6) is 0 Å². The fourth-order valence-corrected chi connectivity index (χ4v) is 2.42. The zero-order chi connectivity index (χ0) is 15.4. The van der Waals surface area contributed by atoms with Crippen molar-refractivity contribution in [3.8, 4) is 0 Å². The van der Waals surface area contributed by atoms with Crippen LogP contribution in [0.15, 0.2) is 23.3 Å². The monoisotopic (exact) mass is 289 g/mol. The van der Waals surface area contributed by atoms with Crippen molar-refractivity contribution < 1.29 is 0 Å². The molecule has 0 amide bonds. The maximum Gasteiger partial charge on any atom is 0.258 e. The summed E-state index contributed by atoms with van der Waals surface area (Å²) in [5.74, 6) is 0. The number of anilines is 2. The molecule has 0 aliphatic rings. The van der Waals surface area contributed by atoms with Crippen LogP contribution < -0.4 is 16.2 Å². The molecule has 3 N–H and O–H groups in total. The number of hydrogen-bond donors (Lipinski definition) is 2. The van der Waals surface area contributed by atoms with E-state index in [2.05, 4.69) is 40.8 Å². The van der Waals surface area contributed by atoms with Gasteiger partial charge in [-0.2, -0.15) is 0 Å². The second-order valence-corrected chi connectivity index (χ2v) is 5.40. The van der Waals surface area contributed by atoms with Crippen molar-refractivity contribution in [2.45, 2.75) is 13.3 Å². The fraction of sp³-hybridized carbons (Fsp3) is 0.467. The first-order valence-corrected chi connectivity index (χ1v) is 7.19. The van der Waals surface area contributed by atoms with Crippen LogP contribution in [0, 0.1) is 0 Å². The van der Waals surface area contributed by atoms with Gasteiger partial charge in [-0.05, 0) is 46.1 Å². The molecule has 114 valence electrons. The molecule has 6 heteroatoms. The second kappa shape index (κ2) is 6.58. The van der Waals surface area contributed by atoms with Gasteiger partial charge in [0.2, 0.25) is 0 Å². The van der Waals surface area contributed by atoms with Gasteiger partial charge in [0.25, 0.3) is 5.56 Å². The summed E-state index contributed by atoms with van der Waals surface area (Å²) < 4.78 is 0. The topological polar surface area (TPSA) is 78.2 Å². The summed E-state index contributed by atoms with van der Waals surface area (Å²) in [7, 11) is 4.13. The van der Waals surface area contributed by atoms with Crippen LogP contribution in [0.25, 0.3) is 10.9 Å². The summed E-state index contributed by atoms with van der Waals surface area (Å²) in [6.07, 6.45) is 2.48. The van der Waals surface area contributed by atoms with E-state index >= 15 is 0 Å². The molecule has 0 aliphatic heterocycles. The molecule has 0 unspecified atom stereocenters. The number of aromatic nitrogens is 2. The summed E-state index contributed by atoms with van der Waals surface area (Å²) in [6, 6.07) is 3.62. The largest absolute Gasteiger partial charge is 0.397 e. The summed E-state index contributed by atoms with van der Waals surface area (Å²) in [5, 5.41) is 0.531. The molecule has 2 aromatic rings. The first-order valence-electron chi connectivity index (χ1n) is 7.19. The molecule has 0 spiro atoms. The van der Waals surface area contributed by atoms with Crippen LogP contribution in [-0.2, 0) is 0 Å². The highest BCUT2D eigenvalue weighted by Crippen LogP contribution is 2.26. The standard InChI is InChI=1S/C15H23N5O/c1-4-20(7-5-6-19(2)3)14-9-13-11(8-12(14)16)15(21)18-10-17-13/h8-10H,4-7,16H2,1-3H3,(H,17,18,21). The Balaban J connectivity index is 2.30. The summed E-state index contributed by atoms with van der Waals surface area (Å²) in [6.45, 7) is 4.92. The van der Waals surface area contributed by atoms with E-state index in [-0.39, 0.29) is 5.56 Å². The van der Waals surface area contributed by atoms with E-state index in [0.717, 1.165) is 31.7 Å². The van der Waals surface area contributed by atoms with Crippen LogP contribution in [0.1, 0.15) is 13.3 Å².